The maximum atomic E-state index is 4.80. The summed E-state index contributed by atoms with van der Waals surface area (Å²) in [5.41, 5.74) is 0. The van der Waals surface area contributed by atoms with Crippen molar-refractivity contribution in [1.82, 2.24) is 0 Å². The maximum absolute atomic E-state index is 4.80. The van der Waals surface area contributed by atoms with Crippen LogP contribution in [0.5, 0.6) is 0 Å². The third-order valence-corrected chi connectivity index (χ3v) is 4.64. The zero-order chi connectivity index (χ0) is 20.9. The van der Waals surface area contributed by atoms with Crippen molar-refractivity contribution in [2.75, 3.05) is 77.7 Å². The van der Waals surface area contributed by atoms with Crippen LogP contribution in [0.15, 0.2) is 21.5 Å². The van der Waals surface area contributed by atoms with Gasteiger partial charge < -0.3 is 21.3 Å². The van der Waals surface area contributed by atoms with Gasteiger partial charge in [-0.1, -0.05) is 0 Å². The van der Waals surface area contributed by atoms with Gasteiger partial charge in [0.05, 0.1) is 0 Å². The molecule has 0 aliphatic heterocycles. The van der Waals surface area contributed by atoms with Gasteiger partial charge in [0.25, 0.3) is 0 Å². The first kappa shape index (κ1) is 36.8. The molecule has 1 aliphatic carbocycles. The Hall–Kier alpha value is 0.966. The first-order valence-electron chi connectivity index (χ1n) is 7.38. The van der Waals surface area contributed by atoms with Crippen molar-refractivity contribution >= 4 is 0 Å². The summed E-state index contributed by atoms with van der Waals surface area (Å²) < 4.78 is 16.0. The quantitative estimate of drug-likeness (QED) is 0.565. The molecule has 0 fully saturated rings. The minimum atomic E-state index is -2.15. The molecule has 0 heterocycles. The van der Waals surface area contributed by atoms with Gasteiger partial charge in [0.15, 0.2) is 0 Å². The van der Waals surface area contributed by atoms with E-state index in [1.165, 1.54) is 6.42 Å². The van der Waals surface area contributed by atoms with Gasteiger partial charge in [-0.25, -0.2) is 0 Å². The summed E-state index contributed by atoms with van der Waals surface area (Å²) in [7, 11) is 18.8. The van der Waals surface area contributed by atoms with Crippen LogP contribution in [-0.4, -0.2) is 77.7 Å². The second-order valence-corrected chi connectivity index (χ2v) is 9.79. The van der Waals surface area contributed by atoms with Crippen molar-refractivity contribution in [2.24, 2.45) is 0 Å². The summed E-state index contributed by atoms with van der Waals surface area (Å²) in [6.07, 6.45) is 7.69. The van der Waals surface area contributed by atoms with E-state index in [0.29, 0.717) is 0 Å². The molecule has 0 saturated carbocycles. The molecule has 7 nitrogen and oxygen atoms in total. The van der Waals surface area contributed by atoms with Crippen molar-refractivity contribution in [3.05, 3.63) is 42.8 Å². The van der Waals surface area contributed by atoms with Gasteiger partial charge in [-0.3, -0.25) is 0 Å². The second kappa shape index (κ2) is 44.4. The van der Waals surface area contributed by atoms with Crippen LogP contribution in [0.25, 0.3) is 21.3 Å². The Balaban J connectivity index is -0.0000000675. The number of hydrogen-bond donors (Lipinski definition) is 0. The average Bonchev–Trinajstić information content (AvgIpc) is 3.04. The fourth-order valence-corrected chi connectivity index (χ4v) is 2.45. The Bertz CT molecular complexity index is 230. The van der Waals surface area contributed by atoms with Crippen LogP contribution in [0.2, 0.25) is 0 Å². The predicted molar refractivity (Wildman–Crippen MR) is 104 cm³/mol. The van der Waals surface area contributed by atoms with E-state index in [0.717, 1.165) is 0 Å². The van der Waals surface area contributed by atoms with E-state index in [-0.39, 0.29) is 0 Å². The van der Waals surface area contributed by atoms with E-state index >= 15 is 0 Å². The van der Waals surface area contributed by atoms with Gasteiger partial charge in [-0.2, -0.15) is 56.4 Å². The third kappa shape index (κ3) is 67.5. The van der Waals surface area contributed by atoms with Crippen LogP contribution in [0.3, 0.4) is 0 Å². The molecule has 25 heavy (non-hydrogen) atoms. The molecular formula is C16H38N4O3Zr2. The van der Waals surface area contributed by atoms with Gasteiger partial charge in [-0.15, -0.1) is 0 Å². The minimum absolute atomic E-state index is 1.21. The third-order valence-electron chi connectivity index (χ3n) is 1.27. The molecule has 148 valence electrons. The molecule has 0 unspecified atom stereocenters. The van der Waals surface area contributed by atoms with Crippen molar-refractivity contribution in [2.45, 2.75) is 6.42 Å². The van der Waals surface area contributed by atoms with E-state index in [2.05, 4.69) is 39.5 Å². The molecule has 0 aromatic heterocycles. The summed E-state index contributed by atoms with van der Waals surface area (Å²) in [6, 6.07) is 0. The Morgan fingerprint density at radius 1 is 0.760 bits per heavy atom. The fourth-order valence-electron chi connectivity index (χ4n) is 0.697. The van der Waals surface area contributed by atoms with Gasteiger partial charge in [0, 0.05) is 0 Å². The van der Waals surface area contributed by atoms with Crippen molar-refractivity contribution in [1.29, 1.82) is 0 Å². The monoisotopic (exact) mass is 514 g/mol. The first-order chi connectivity index (χ1) is 11.9. The Morgan fingerprint density at radius 2 is 1.04 bits per heavy atom. The van der Waals surface area contributed by atoms with E-state index < -0.39 is 23.1 Å². The average molecular weight is 517 g/mol. The molecule has 1 rings (SSSR count). The summed E-state index contributed by atoms with van der Waals surface area (Å²) >= 11 is -0.589. The summed E-state index contributed by atoms with van der Waals surface area (Å²) in [6.45, 7) is 0. The van der Waals surface area contributed by atoms with E-state index in [9.17, 15) is 0 Å². The standard InChI is InChI=1S/C5H5.4C2H6N.3CH3O.2Zr/c1-2-4-5-3-1;4*1-3-2;3*1-2;;/h1-3H,4H2;4*1-2H3;3*1H3;;/q;7*-1;+3;+4. The molecule has 0 radical (unpaired) electrons. The molecule has 0 aromatic rings. The number of hydrogen-bond acceptors (Lipinski definition) is 3. The molecule has 9 heteroatoms. The molecule has 1 aliphatic rings. The van der Waals surface area contributed by atoms with E-state index in [1.54, 1.807) is 106 Å². The number of nitrogens with zero attached hydrogens (tertiary/aromatic N) is 4. The van der Waals surface area contributed by atoms with E-state index in [4.69, 9.17) is 8.44 Å². The normalized spacial score (nSPS) is 9.88. The van der Waals surface area contributed by atoms with Crippen molar-refractivity contribution in [3.8, 4) is 0 Å². The van der Waals surface area contributed by atoms with Gasteiger partial charge in [-0.05, 0) is 0 Å². The summed E-state index contributed by atoms with van der Waals surface area (Å²) in [4.78, 5) is 0. The summed E-state index contributed by atoms with van der Waals surface area (Å²) in [5, 5.41) is 14.0. The fraction of sp³-hybridized carbons (Fsp3) is 0.750. The van der Waals surface area contributed by atoms with Crippen LogP contribution >= 0.6 is 0 Å². The van der Waals surface area contributed by atoms with E-state index in [1.807, 2.05) is 0 Å². The molecule has 0 N–H and O–H groups in total. The topological polar surface area (TPSA) is 84.1 Å². The molecule has 0 amide bonds. The molecule has 0 atom stereocenters. The van der Waals surface area contributed by atoms with Crippen molar-refractivity contribution in [3.63, 3.8) is 0 Å². The van der Waals surface area contributed by atoms with Crippen LogP contribution in [0.1, 0.15) is 6.42 Å². The molecule has 0 saturated heterocycles. The van der Waals surface area contributed by atoms with Gasteiger partial charge in [0.2, 0.25) is 0 Å². The van der Waals surface area contributed by atoms with Crippen LogP contribution in [0, 0.1) is 0 Å². The predicted octanol–water partition coefficient (Wildman–Crippen LogP) is 4.14. The molecule has 0 spiro atoms. The van der Waals surface area contributed by atoms with Crippen molar-refractivity contribution < 1.29 is 56.2 Å². The van der Waals surface area contributed by atoms with Crippen LogP contribution in [-0.2, 0) is 56.2 Å². The van der Waals surface area contributed by atoms with Crippen LogP contribution < -0.4 is 0 Å². The zero-order valence-corrected chi connectivity index (χ0v) is 22.9. The number of allylic oxidation sites excluding steroid dienone is 4. The SMILES string of the molecule is C[N-]C.C[N-]C.C[N-]C.C[N-]C.C[O][Zr+]([O]C)[O]C.[Zr+3][C]1=CC=CC1. The molecule has 0 bridgehead atoms. The second-order valence-electron chi connectivity index (χ2n) is 3.98. The molecule has 0 aromatic carbocycles. The van der Waals surface area contributed by atoms with Crippen LogP contribution in [0.4, 0.5) is 0 Å². The van der Waals surface area contributed by atoms with Gasteiger partial charge >= 0.3 is 105 Å². The zero-order valence-electron chi connectivity index (χ0n) is 18.0. The molecular weight excluding hydrogens is 479 g/mol. The Morgan fingerprint density at radius 3 is 1.08 bits per heavy atom. The van der Waals surface area contributed by atoms with Gasteiger partial charge in [0.1, 0.15) is 0 Å². The summed E-state index contributed by atoms with van der Waals surface area (Å²) in [5.74, 6) is 0. The first-order valence-corrected chi connectivity index (χ1v) is 11.6. The Labute approximate surface area is 182 Å². The Kier molecular flexibility index (Phi) is 65.4. The number of rotatable bonds is 3.